The van der Waals surface area contributed by atoms with Gasteiger partial charge in [0.25, 0.3) is 0 Å². The zero-order valence-electron chi connectivity index (χ0n) is 11.9. The lowest BCUT2D eigenvalue weighted by Gasteiger charge is -2.21. The van der Waals surface area contributed by atoms with E-state index in [9.17, 15) is 4.39 Å². The maximum Gasteiger partial charge on any atom is 0.124 e. The molecule has 0 aromatic heterocycles. The van der Waals surface area contributed by atoms with Gasteiger partial charge in [-0.25, -0.2) is 4.39 Å². The average Bonchev–Trinajstić information content (AvgIpc) is 2.36. The fourth-order valence-electron chi connectivity index (χ4n) is 2.13. The van der Waals surface area contributed by atoms with Crippen LogP contribution in [0.1, 0.15) is 37.8 Å². The first kappa shape index (κ1) is 15.7. The van der Waals surface area contributed by atoms with Gasteiger partial charge in [0.15, 0.2) is 0 Å². The number of benzene rings is 1. The number of hydrogen-bond acceptors (Lipinski definition) is 2. The van der Waals surface area contributed by atoms with Crippen molar-refractivity contribution in [2.75, 3.05) is 19.6 Å². The monoisotopic (exact) mass is 262 g/mol. The number of halogens is 1. The lowest BCUT2D eigenvalue weighted by molar-refractivity contribution is 0.266. The third kappa shape index (κ3) is 5.87. The van der Waals surface area contributed by atoms with Crippen LogP contribution in [-0.4, -0.2) is 24.5 Å². The molecule has 2 nitrogen and oxygen atoms in total. The van der Waals surface area contributed by atoms with E-state index in [1.807, 2.05) is 6.07 Å². The molecule has 0 unspecified atom stereocenters. The highest BCUT2D eigenvalue weighted by Crippen LogP contribution is 2.12. The SMILES string of the molecule is CCCN(CCC)Cc1cc(F)cc(C#CCN)c1. The summed E-state index contributed by atoms with van der Waals surface area (Å²) in [6.07, 6.45) is 2.21. The summed E-state index contributed by atoms with van der Waals surface area (Å²) in [6, 6.07) is 4.99. The summed E-state index contributed by atoms with van der Waals surface area (Å²) < 4.78 is 13.6. The van der Waals surface area contributed by atoms with Crippen molar-refractivity contribution in [3.05, 3.63) is 35.1 Å². The van der Waals surface area contributed by atoms with Gasteiger partial charge in [0, 0.05) is 12.1 Å². The number of hydrogen-bond donors (Lipinski definition) is 1. The van der Waals surface area contributed by atoms with E-state index in [1.165, 1.54) is 6.07 Å². The van der Waals surface area contributed by atoms with E-state index in [2.05, 4.69) is 30.6 Å². The van der Waals surface area contributed by atoms with E-state index in [4.69, 9.17) is 5.73 Å². The molecule has 0 spiro atoms. The highest BCUT2D eigenvalue weighted by Gasteiger charge is 2.06. The first-order valence-electron chi connectivity index (χ1n) is 6.90. The van der Waals surface area contributed by atoms with Crippen molar-refractivity contribution in [3.8, 4) is 11.8 Å². The van der Waals surface area contributed by atoms with Crippen molar-refractivity contribution >= 4 is 0 Å². The second kappa shape index (κ2) is 8.68. The standard InChI is InChI=1S/C16H23FN2/c1-3-8-19(9-4-2)13-15-10-14(6-5-7-18)11-16(17)12-15/h10-12H,3-4,7-9,13,18H2,1-2H3. The van der Waals surface area contributed by atoms with Crippen LogP contribution >= 0.6 is 0 Å². The van der Waals surface area contributed by atoms with Gasteiger partial charge >= 0.3 is 0 Å². The summed E-state index contributed by atoms with van der Waals surface area (Å²) in [4.78, 5) is 2.34. The van der Waals surface area contributed by atoms with Crippen LogP contribution in [-0.2, 0) is 6.54 Å². The Kier molecular flexibility index (Phi) is 7.17. The molecule has 2 N–H and O–H groups in total. The van der Waals surface area contributed by atoms with Gasteiger partial charge < -0.3 is 5.73 Å². The lowest BCUT2D eigenvalue weighted by Crippen LogP contribution is -2.25. The molecular weight excluding hydrogens is 239 g/mol. The van der Waals surface area contributed by atoms with Crippen molar-refractivity contribution in [2.24, 2.45) is 5.73 Å². The molecule has 0 atom stereocenters. The fourth-order valence-corrected chi connectivity index (χ4v) is 2.13. The molecule has 0 heterocycles. The van der Waals surface area contributed by atoms with Gasteiger partial charge in [0.2, 0.25) is 0 Å². The van der Waals surface area contributed by atoms with Crippen molar-refractivity contribution in [3.63, 3.8) is 0 Å². The van der Waals surface area contributed by atoms with Crippen LogP contribution in [0.4, 0.5) is 4.39 Å². The molecule has 104 valence electrons. The summed E-state index contributed by atoms with van der Waals surface area (Å²) >= 11 is 0. The second-order valence-electron chi connectivity index (χ2n) is 4.63. The molecule has 19 heavy (non-hydrogen) atoms. The molecule has 3 heteroatoms. The molecule has 0 amide bonds. The molecule has 0 aliphatic carbocycles. The number of rotatable bonds is 6. The first-order chi connectivity index (χ1) is 9.19. The molecule has 1 aromatic rings. The zero-order valence-corrected chi connectivity index (χ0v) is 11.9. The Bertz CT molecular complexity index is 440. The van der Waals surface area contributed by atoms with Crippen molar-refractivity contribution in [1.82, 2.24) is 4.90 Å². The lowest BCUT2D eigenvalue weighted by atomic mass is 10.1. The minimum atomic E-state index is -0.230. The largest absolute Gasteiger partial charge is 0.320 e. The van der Waals surface area contributed by atoms with E-state index in [0.717, 1.165) is 38.0 Å². The minimum absolute atomic E-state index is 0.230. The van der Waals surface area contributed by atoms with Gasteiger partial charge in [-0.1, -0.05) is 25.7 Å². The summed E-state index contributed by atoms with van der Waals surface area (Å²) in [5, 5.41) is 0. The Morgan fingerprint density at radius 3 is 2.42 bits per heavy atom. The molecule has 0 saturated carbocycles. The highest BCUT2D eigenvalue weighted by atomic mass is 19.1. The molecule has 0 bridgehead atoms. The van der Waals surface area contributed by atoms with Gasteiger partial charge in [-0.05, 0) is 49.7 Å². The van der Waals surface area contributed by atoms with E-state index in [1.54, 1.807) is 6.07 Å². The zero-order chi connectivity index (χ0) is 14.1. The topological polar surface area (TPSA) is 29.3 Å². The molecule has 0 fully saturated rings. The Labute approximate surface area is 115 Å². The van der Waals surface area contributed by atoms with Crippen LogP contribution in [0.15, 0.2) is 18.2 Å². The van der Waals surface area contributed by atoms with Crippen molar-refractivity contribution in [2.45, 2.75) is 33.2 Å². The second-order valence-corrected chi connectivity index (χ2v) is 4.63. The first-order valence-corrected chi connectivity index (χ1v) is 6.90. The molecule has 0 aliphatic rings. The highest BCUT2D eigenvalue weighted by molar-refractivity contribution is 5.38. The van der Waals surface area contributed by atoms with Crippen LogP contribution in [0.2, 0.25) is 0 Å². The van der Waals surface area contributed by atoms with Gasteiger partial charge in [-0.2, -0.15) is 0 Å². The Hall–Kier alpha value is -1.37. The minimum Gasteiger partial charge on any atom is -0.320 e. The average molecular weight is 262 g/mol. The maximum absolute atomic E-state index is 13.6. The summed E-state index contributed by atoms with van der Waals surface area (Å²) in [6.45, 7) is 7.46. The molecule has 0 aliphatic heterocycles. The fraction of sp³-hybridized carbons (Fsp3) is 0.500. The molecule has 1 rings (SSSR count). The van der Waals surface area contributed by atoms with E-state index in [0.29, 0.717) is 12.1 Å². The molecule has 0 radical (unpaired) electrons. The maximum atomic E-state index is 13.6. The van der Waals surface area contributed by atoms with Crippen LogP contribution < -0.4 is 5.73 Å². The summed E-state index contributed by atoms with van der Waals surface area (Å²) in [5.74, 6) is 5.42. The quantitative estimate of drug-likeness (QED) is 0.799. The number of nitrogens with zero attached hydrogens (tertiary/aromatic N) is 1. The van der Waals surface area contributed by atoms with Crippen LogP contribution in [0.3, 0.4) is 0 Å². The Morgan fingerprint density at radius 2 is 1.84 bits per heavy atom. The Morgan fingerprint density at radius 1 is 1.16 bits per heavy atom. The summed E-state index contributed by atoms with van der Waals surface area (Å²) in [5.41, 5.74) is 7.01. The Balaban J connectivity index is 2.83. The van der Waals surface area contributed by atoms with Gasteiger partial charge in [0.05, 0.1) is 6.54 Å². The molecular formula is C16H23FN2. The van der Waals surface area contributed by atoms with Gasteiger partial charge in [0.1, 0.15) is 5.82 Å². The number of nitrogens with two attached hydrogens (primary N) is 1. The third-order valence-corrected chi connectivity index (χ3v) is 2.78. The van der Waals surface area contributed by atoms with Crippen LogP contribution in [0.5, 0.6) is 0 Å². The smallest absolute Gasteiger partial charge is 0.124 e. The van der Waals surface area contributed by atoms with Crippen LogP contribution in [0.25, 0.3) is 0 Å². The predicted molar refractivity (Wildman–Crippen MR) is 78.2 cm³/mol. The molecule has 1 aromatic carbocycles. The normalized spacial score (nSPS) is 10.4. The van der Waals surface area contributed by atoms with E-state index < -0.39 is 0 Å². The third-order valence-electron chi connectivity index (χ3n) is 2.78. The van der Waals surface area contributed by atoms with E-state index >= 15 is 0 Å². The van der Waals surface area contributed by atoms with Gasteiger partial charge in [-0.15, -0.1) is 0 Å². The van der Waals surface area contributed by atoms with Crippen molar-refractivity contribution < 1.29 is 4.39 Å². The van der Waals surface area contributed by atoms with Crippen molar-refractivity contribution in [1.29, 1.82) is 0 Å². The van der Waals surface area contributed by atoms with Gasteiger partial charge in [-0.3, -0.25) is 4.90 Å². The molecule has 0 saturated heterocycles. The predicted octanol–water partition coefficient (Wildman–Crippen LogP) is 2.76. The van der Waals surface area contributed by atoms with Crippen LogP contribution in [0, 0.1) is 17.7 Å². The summed E-state index contributed by atoms with van der Waals surface area (Å²) in [7, 11) is 0. The van der Waals surface area contributed by atoms with E-state index in [-0.39, 0.29) is 5.82 Å².